The van der Waals surface area contributed by atoms with E-state index < -0.39 is 0 Å². The molecule has 2 heterocycles. The first-order valence-corrected chi connectivity index (χ1v) is 10.6. The van der Waals surface area contributed by atoms with Gasteiger partial charge in [0.05, 0.1) is 12.2 Å². The number of anilines is 1. The van der Waals surface area contributed by atoms with Gasteiger partial charge in [-0.3, -0.25) is 14.5 Å². The first-order valence-electron chi connectivity index (χ1n) is 10.6. The number of benzene rings is 2. The number of amides is 1. The highest BCUT2D eigenvalue weighted by Crippen LogP contribution is 2.18. The zero-order chi connectivity index (χ0) is 22.3. The highest BCUT2D eigenvalue weighted by molar-refractivity contribution is 5.92. The second-order valence-corrected chi connectivity index (χ2v) is 7.42. The van der Waals surface area contributed by atoms with Crippen molar-refractivity contribution in [2.75, 3.05) is 4.90 Å². The van der Waals surface area contributed by atoms with E-state index in [0.29, 0.717) is 18.1 Å². The summed E-state index contributed by atoms with van der Waals surface area (Å²) in [6, 6.07) is 26.3. The largest absolute Gasteiger partial charge is 0.291 e. The molecule has 2 aromatic heterocycles. The zero-order valence-corrected chi connectivity index (χ0v) is 17.9. The molecule has 1 amide bonds. The molecule has 2 aromatic carbocycles. The number of hydrogen-bond donors (Lipinski definition) is 0. The lowest BCUT2D eigenvalue weighted by atomic mass is 10.1. The van der Waals surface area contributed by atoms with Gasteiger partial charge in [-0.25, -0.2) is 9.67 Å². The summed E-state index contributed by atoms with van der Waals surface area (Å²) < 4.78 is 1.21. The predicted molar refractivity (Wildman–Crippen MR) is 125 cm³/mol. The first-order chi connectivity index (χ1) is 15.6. The summed E-state index contributed by atoms with van der Waals surface area (Å²) in [5, 5.41) is 4.46. The number of pyridine rings is 1. The van der Waals surface area contributed by atoms with Gasteiger partial charge in [0.1, 0.15) is 12.4 Å². The number of carbonyl (C=O) groups is 1. The molecule has 4 aromatic rings. The quantitative estimate of drug-likeness (QED) is 0.448. The maximum absolute atomic E-state index is 13.3. The summed E-state index contributed by atoms with van der Waals surface area (Å²) in [4.78, 5) is 31.7. The molecule has 6 heteroatoms. The lowest BCUT2D eigenvalue weighted by molar-refractivity contribution is -0.119. The van der Waals surface area contributed by atoms with Gasteiger partial charge in [-0.2, -0.15) is 5.10 Å². The van der Waals surface area contributed by atoms with Gasteiger partial charge >= 0.3 is 0 Å². The zero-order valence-electron chi connectivity index (χ0n) is 17.9. The van der Waals surface area contributed by atoms with Crippen molar-refractivity contribution >= 4 is 11.7 Å². The average Bonchev–Trinajstić information content (AvgIpc) is 2.85. The normalized spacial score (nSPS) is 10.7. The van der Waals surface area contributed by atoms with E-state index in [-0.39, 0.29) is 18.0 Å². The molecule has 160 valence electrons. The highest BCUT2D eigenvalue weighted by Gasteiger charge is 2.19. The molecular formula is C26H24N4O2. The molecule has 0 bridgehead atoms. The Bertz CT molecular complexity index is 1240. The third-order valence-corrected chi connectivity index (χ3v) is 5.22. The van der Waals surface area contributed by atoms with Crippen LogP contribution >= 0.6 is 0 Å². The first kappa shape index (κ1) is 21.2. The Balaban J connectivity index is 1.62. The molecular weight excluding hydrogens is 400 g/mol. The van der Waals surface area contributed by atoms with Crippen molar-refractivity contribution in [1.29, 1.82) is 0 Å². The number of nitrogens with zero attached hydrogens (tertiary/aromatic N) is 4. The van der Waals surface area contributed by atoms with Crippen LogP contribution in [-0.4, -0.2) is 20.7 Å². The topological polar surface area (TPSA) is 68.1 Å². The molecule has 4 rings (SSSR count). The Morgan fingerprint density at radius 2 is 1.62 bits per heavy atom. The van der Waals surface area contributed by atoms with E-state index in [1.165, 1.54) is 16.3 Å². The maximum atomic E-state index is 13.3. The third-order valence-electron chi connectivity index (χ3n) is 5.22. The molecule has 0 spiro atoms. The van der Waals surface area contributed by atoms with Crippen molar-refractivity contribution in [3.05, 3.63) is 113 Å². The van der Waals surface area contributed by atoms with Gasteiger partial charge in [-0.05, 0) is 35.7 Å². The van der Waals surface area contributed by atoms with E-state index >= 15 is 0 Å². The summed E-state index contributed by atoms with van der Waals surface area (Å²) in [5.41, 5.74) is 3.41. The fraction of sp³-hybridized carbons (Fsp3) is 0.154. The fourth-order valence-corrected chi connectivity index (χ4v) is 3.42. The Morgan fingerprint density at radius 3 is 2.31 bits per heavy atom. The van der Waals surface area contributed by atoms with Gasteiger partial charge in [0.15, 0.2) is 0 Å². The molecule has 0 saturated heterocycles. The second kappa shape index (κ2) is 9.83. The van der Waals surface area contributed by atoms with Crippen LogP contribution in [-0.2, 0) is 24.3 Å². The van der Waals surface area contributed by atoms with Crippen LogP contribution in [0.4, 0.5) is 5.82 Å². The van der Waals surface area contributed by atoms with Crippen LogP contribution in [0, 0.1) is 0 Å². The number of carbonyl (C=O) groups excluding carboxylic acids is 1. The van der Waals surface area contributed by atoms with Gasteiger partial charge in [-0.1, -0.05) is 67.6 Å². The van der Waals surface area contributed by atoms with E-state index in [1.54, 1.807) is 29.3 Å². The number of rotatable bonds is 7. The summed E-state index contributed by atoms with van der Waals surface area (Å²) in [6.07, 6.45) is 2.60. The number of aromatic nitrogens is 3. The van der Waals surface area contributed by atoms with Crippen molar-refractivity contribution < 1.29 is 4.79 Å². The molecule has 0 aliphatic heterocycles. The smallest absolute Gasteiger partial charge is 0.267 e. The van der Waals surface area contributed by atoms with Gasteiger partial charge in [-0.15, -0.1) is 0 Å². The summed E-state index contributed by atoms with van der Waals surface area (Å²) >= 11 is 0. The summed E-state index contributed by atoms with van der Waals surface area (Å²) in [5.74, 6) is 0.265. The van der Waals surface area contributed by atoms with Crippen LogP contribution in [0.1, 0.15) is 18.1 Å². The van der Waals surface area contributed by atoms with Crippen LogP contribution in [0.5, 0.6) is 0 Å². The minimum absolute atomic E-state index is 0.177. The fourth-order valence-electron chi connectivity index (χ4n) is 3.42. The van der Waals surface area contributed by atoms with Crippen molar-refractivity contribution in [2.24, 2.45) is 0 Å². The Kier molecular flexibility index (Phi) is 6.51. The van der Waals surface area contributed by atoms with E-state index in [4.69, 9.17) is 0 Å². The average molecular weight is 425 g/mol. The molecule has 0 N–H and O–H groups in total. The van der Waals surface area contributed by atoms with Gasteiger partial charge < -0.3 is 0 Å². The highest BCUT2D eigenvalue weighted by atomic mass is 16.2. The van der Waals surface area contributed by atoms with Crippen molar-refractivity contribution in [3.8, 4) is 11.3 Å². The molecule has 0 aliphatic carbocycles. The molecule has 32 heavy (non-hydrogen) atoms. The van der Waals surface area contributed by atoms with Crippen molar-refractivity contribution in [2.45, 2.75) is 26.4 Å². The van der Waals surface area contributed by atoms with Crippen LogP contribution in [0.3, 0.4) is 0 Å². The Labute approximate surface area is 186 Å². The summed E-state index contributed by atoms with van der Waals surface area (Å²) in [6.45, 7) is 2.27. The van der Waals surface area contributed by atoms with E-state index in [9.17, 15) is 9.59 Å². The minimum atomic E-state index is -0.326. The van der Waals surface area contributed by atoms with Crippen molar-refractivity contribution in [1.82, 2.24) is 14.8 Å². The minimum Gasteiger partial charge on any atom is -0.291 e. The maximum Gasteiger partial charge on any atom is 0.267 e. The second-order valence-electron chi connectivity index (χ2n) is 7.42. The lowest BCUT2D eigenvalue weighted by Gasteiger charge is -2.22. The molecule has 0 atom stereocenters. The van der Waals surface area contributed by atoms with Gasteiger partial charge in [0.2, 0.25) is 5.91 Å². The van der Waals surface area contributed by atoms with E-state index in [1.807, 2.05) is 60.7 Å². The predicted octanol–water partition coefficient (Wildman–Crippen LogP) is 4.10. The monoisotopic (exact) mass is 424 g/mol. The third kappa shape index (κ3) is 4.98. The van der Waals surface area contributed by atoms with Crippen LogP contribution in [0.25, 0.3) is 11.3 Å². The standard InChI is InChI=1S/C26H24N4O2/c1-2-20-11-13-22(14-12-20)23-15-16-25(31)30(28-23)19-26(32)29(24-10-6-7-17-27-24)18-21-8-4-3-5-9-21/h3-17H,2,18-19H2,1H3. The van der Waals surface area contributed by atoms with E-state index in [0.717, 1.165) is 17.5 Å². The van der Waals surface area contributed by atoms with Gasteiger partial charge in [0, 0.05) is 17.8 Å². The molecule has 0 aliphatic rings. The molecule has 0 radical (unpaired) electrons. The van der Waals surface area contributed by atoms with Gasteiger partial charge in [0.25, 0.3) is 5.56 Å². The Hall–Kier alpha value is -4.06. The van der Waals surface area contributed by atoms with Crippen LogP contribution in [0.15, 0.2) is 95.9 Å². The van der Waals surface area contributed by atoms with Crippen molar-refractivity contribution in [3.63, 3.8) is 0 Å². The number of hydrogen-bond acceptors (Lipinski definition) is 4. The van der Waals surface area contributed by atoms with E-state index in [2.05, 4.69) is 17.0 Å². The molecule has 0 unspecified atom stereocenters. The summed E-state index contributed by atoms with van der Waals surface area (Å²) in [7, 11) is 0. The SMILES string of the molecule is CCc1ccc(-c2ccc(=O)n(CC(=O)N(Cc3ccccc3)c3ccccn3)n2)cc1. The lowest BCUT2D eigenvalue weighted by Crippen LogP contribution is -2.37. The number of aryl methyl sites for hydroxylation is 1. The van der Waals surface area contributed by atoms with Crippen LogP contribution < -0.4 is 10.5 Å². The molecule has 0 saturated carbocycles. The van der Waals surface area contributed by atoms with Crippen LogP contribution in [0.2, 0.25) is 0 Å². The molecule has 0 fully saturated rings. The molecule has 6 nitrogen and oxygen atoms in total. The Morgan fingerprint density at radius 1 is 0.875 bits per heavy atom.